The van der Waals surface area contributed by atoms with E-state index in [4.69, 9.17) is 0 Å². The predicted octanol–water partition coefficient (Wildman–Crippen LogP) is 0.523. The number of hydrogen-bond acceptors (Lipinski definition) is 5. The second kappa shape index (κ2) is 6.88. The standard InChI is InChI=1S/C16H20N6O3/c1-10-9-13(23)19-16(17-10)22-12(8-11(2)20-22)18-14(24)15(25)21-6-4-3-5-7-21/h8-9H,3-7H2,1-2H3,(H,18,24)(H,17,19,23). The summed E-state index contributed by atoms with van der Waals surface area (Å²) in [6.07, 6.45) is 2.89. The van der Waals surface area contributed by atoms with Crippen LogP contribution in [0, 0.1) is 13.8 Å². The Morgan fingerprint density at radius 1 is 1.12 bits per heavy atom. The Kier molecular flexibility index (Phi) is 4.64. The van der Waals surface area contributed by atoms with E-state index in [-0.39, 0.29) is 17.3 Å². The maximum Gasteiger partial charge on any atom is 0.315 e. The molecule has 25 heavy (non-hydrogen) atoms. The highest BCUT2D eigenvalue weighted by Crippen LogP contribution is 2.15. The van der Waals surface area contributed by atoms with E-state index in [9.17, 15) is 14.4 Å². The number of aryl methyl sites for hydroxylation is 2. The molecule has 0 atom stereocenters. The second-order valence-corrected chi connectivity index (χ2v) is 6.10. The van der Waals surface area contributed by atoms with Gasteiger partial charge in [-0.25, -0.2) is 4.98 Å². The number of piperidine rings is 1. The van der Waals surface area contributed by atoms with E-state index in [2.05, 4.69) is 20.4 Å². The lowest BCUT2D eigenvalue weighted by atomic mass is 10.1. The molecular formula is C16H20N6O3. The minimum Gasteiger partial charge on any atom is -0.334 e. The average molecular weight is 344 g/mol. The maximum atomic E-state index is 12.3. The first-order chi connectivity index (χ1) is 11.9. The van der Waals surface area contributed by atoms with Crippen LogP contribution < -0.4 is 10.9 Å². The number of aromatic amines is 1. The monoisotopic (exact) mass is 344 g/mol. The van der Waals surface area contributed by atoms with Gasteiger partial charge in [0.15, 0.2) is 0 Å². The van der Waals surface area contributed by atoms with Crippen LogP contribution in [-0.2, 0) is 9.59 Å². The molecule has 3 heterocycles. The van der Waals surface area contributed by atoms with Crippen molar-refractivity contribution in [2.24, 2.45) is 0 Å². The van der Waals surface area contributed by atoms with Crippen molar-refractivity contribution >= 4 is 17.6 Å². The summed E-state index contributed by atoms with van der Waals surface area (Å²) in [7, 11) is 0. The number of nitrogens with one attached hydrogen (secondary N) is 2. The molecular weight excluding hydrogens is 324 g/mol. The first-order valence-electron chi connectivity index (χ1n) is 8.19. The van der Waals surface area contributed by atoms with Gasteiger partial charge in [0.2, 0.25) is 5.95 Å². The van der Waals surface area contributed by atoms with Crippen LogP contribution in [0.25, 0.3) is 5.95 Å². The summed E-state index contributed by atoms with van der Waals surface area (Å²) in [6, 6.07) is 2.97. The Hall–Kier alpha value is -2.97. The van der Waals surface area contributed by atoms with Crippen LogP contribution in [0.3, 0.4) is 0 Å². The van der Waals surface area contributed by atoms with Gasteiger partial charge in [-0.05, 0) is 33.1 Å². The number of aromatic nitrogens is 4. The minimum absolute atomic E-state index is 0.179. The van der Waals surface area contributed by atoms with Gasteiger partial charge in [-0.1, -0.05) is 0 Å². The van der Waals surface area contributed by atoms with Crippen molar-refractivity contribution in [2.45, 2.75) is 33.1 Å². The van der Waals surface area contributed by atoms with E-state index < -0.39 is 11.8 Å². The molecule has 2 aromatic rings. The number of carbonyl (C=O) groups is 2. The summed E-state index contributed by atoms with van der Waals surface area (Å²) in [5.74, 6) is -0.825. The van der Waals surface area contributed by atoms with Gasteiger partial charge in [-0.15, -0.1) is 0 Å². The van der Waals surface area contributed by atoms with Gasteiger partial charge in [-0.2, -0.15) is 9.78 Å². The summed E-state index contributed by atoms with van der Waals surface area (Å²) < 4.78 is 1.31. The maximum absolute atomic E-state index is 12.3. The van der Waals surface area contributed by atoms with Gasteiger partial charge in [0.05, 0.1) is 5.69 Å². The quantitative estimate of drug-likeness (QED) is 0.771. The number of rotatable bonds is 2. The molecule has 0 bridgehead atoms. The molecule has 1 aliphatic heterocycles. The van der Waals surface area contributed by atoms with Gasteiger partial charge in [-0.3, -0.25) is 19.4 Å². The zero-order valence-corrected chi connectivity index (χ0v) is 14.2. The highest BCUT2D eigenvalue weighted by atomic mass is 16.2. The van der Waals surface area contributed by atoms with Crippen LogP contribution in [0.5, 0.6) is 0 Å². The smallest absolute Gasteiger partial charge is 0.315 e. The number of carbonyl (C=O) groups excluding carboxylic acids is 2. The number of amides is 2. The minimum atomic E-state index is -0.724. The molecule has 0 spiro atoms. The van der Waals surface area contributed by atoms with Gasteiger partial charge in [0.25, 0.3) is 5.56 Å². The third-order valence-electron chi connectivity index (χ3n) is 3.97. The lowest BCUT2D eigenvalue weighted by Crippen LogP contribution is -2.42. The SMILES string of the molecule is Cc1cc(=O)[nH]c(-n2nc(C)cc2NC(=O)C(=O)N2CCCCC2)n1. The molecule has 0 radical (unpaired) electrons. The fourth-order valence-corrected chi connectivity index (χ4v) is 2.82. The van der Waals surface area contributed by atoms with Gasteiger partial charge >= 0.3 is 11.8 Å². The fourth-order valence-electron chi connectivity index (χ4n) is 2.82. The molecule has 2 aromatic heterocycles. The Morgan fingerprint density at radius 2 is 1.84 bits per heavy atom. The van der Waals surface area contributed by atoms with Crippen LogP contribution in [-0.4, -0.2) is 49.6 Å². The molecule has 0 aliphatic carbocycles. The third kappa shape index (κ3) is 3.76. The van der Waals surface area contributed by atoms with Gasteiger partial charge < -0.3 is 10.2 Å². The van der Waals surface area contributed by atoms with Crippen LogP contribution in [0.15, 0.2) is 16.9 Å². The number of H-pyrrole nitrogens is 1. The van der Waals surface area contributed by atoms with E-state index >= 15 is 0 Å². The molecule has 2 amide bonds. The zero-order chi connectivity index (χ0) is 18.0. The lowest BCUT2D eigenvalue weighted by molar-refractivity contribution is -0.143. The largest absolute Gasteiger partial charge is 0.334 e. The molecule has 2 N–H and O–H groups in total. The van der Waals surface area contributed by atoms with E-state index in [1.165, 1.54) is 10.7 Å². The van der Waals surface area contributed by atoms with Crippen molar-refractivity contribution in [1.82, 2.24) is 24.6 Å². The fraction of sp³-hybridized carbons (Fsp3) is 0.438. The van der Waals surface area contributed by atoms with Crippen molar-refractivity contribution in [3.63, 3.8) is 0 Å². The second-order valence-electron chi connectivity index (χ2n) is 6.10. The van der Waals surface area contributed by atoms with Crippen molar-refractivity contribution < 1.29 is 9.59 Å². The number of nitrogens with zero attached hydrogens (tertiary/aromatic N) is 4. The number of hydrogen-bond donors (Lipinski definition) is 2. The number of anilines is 1. The summed E-state index contributed by atoms with van der Waals surface area (Å²) in [4.78, 5) is 44.6. The molecule has 0 aromatic carbocycles. The molecule has 9 heteroatoms. The van der Waals surface area contributed by atoms with Gasteiger partial charge in [0, 0.05) is 30.9 Å². The van der Waals surface area contributed by atoms with Crippen molar-refractivity contribution in [3.8, 4) is 5.95 Å². The van der Waals surface area contributed by atoms with E-state index in [0.717, 1.165) is 19.3 Å². The van der Waals surface area contributed by atoms with Crippen molar-refractivity contribution in [3.05, 3.63) is 33.9 Å². The Balaban J connectivity index is 1.84. The van der Waals surface area contributed by atoms with E-state index in [1.54, 1.807) is 24.8 Å². The van der Waals surface area contributed by atoms with Crippen molar-refractivity contribution in [1.29, 1.82) is 0 Å². The molecule has 1 saturated heterocycles. The van der Waals surface area contributed by atoms with Crippen LogP contribution in [0.1, 0.15) is 30.7 Å². The first kappa shape index (κ1) is 16.9. The molecule has 3 rings (SSSR count). The Bertz CT molecular complexity index is 863. The molecule has 1 aliphatic rings. The summed E-state index contributed by atoms with van der Waals surface area (Å²) >= 11 is 0. The van der Waals surface area contributed by atoms with E-state index in [0.29, 0.717) is 24.5 Å². The molecule has 9 nitrogen and oxygen atoms in total. The summed E-state index contributed by atoms with van der Waals surface area (Å²) in [5, 5.41) is 6.81. The summed E-state index contributed by atoms with van der Waals surface area (Å²) in [6.45, 7) is 4.62. The van der Waals surface area contributed by atoms with Crippen LogP contribution in [0.4, 0.5) is 5.82 Å². The normalized spacial score (nSPS) is 14.4. The Morgan fingerprint density at radius 3 is 2.52 bits per heavy atom. The molecule has 0 unspecified atom stereocenters. The van der Waals surface area contributed by atoms with Crippen molar-refractivity contribution in [2.75, 3.05) is 18.4 Å². The van der Waals surface area contributed by atoms with Gasteiger partial charge in [0.1, 0.15) is 5.82 Å². The zero-order valence-electron chi connectivity index (χ0n) is 14.2. The summed E-state index contributed by atoms with van der Waals surface area (Å²) in [5.41, 5.74) is 0.816. The Labute approximate surface area is 144 Å². The first-order valence-corrected chi connectivity index (χ1v) is 8.19. The predicted molar refractivity (Wildman–Crippen MR) is 90.5 cm³/mol. The molecule has 1 fully saturated rings. The number of likely N-dealkylation sites (tertiary alicyclic amines) is 1. The molecule has 132 valence electrons. The lowest BCUT2D eigenvalue weighted by Gasteiger charge is -2.25. The highest BCUT2D eigenvalue weighted by Gasteiger charge is 2.24. The highest BCUT2D eigenvalue weighted by molar-refractivity contribution is 6.39. The van der Waals surface area contributed by atoms with Crippen LogP contribution >= 0.6 is 0 Å². The third-order valence-corrected chi connectivity index (χ3v) is 3.97. The topological polar surface area (TPSA) is 113 Å². The molecule has 0 saturated carbocycles. The van der Waals surface area contributed by atoms with Crippen LogP contribution in [0.2, 0.25) is 0 Å². The average Bonchev–Trinajstić information content (AvgIpc) is 2.94. The van der Waals surface area contributed by atoms with E-state index in [1.807, 2.05) is 0 Å².